The van der Waals surface area contributed by atoms with Crippen molar-refractivity contribution in [2.24, 2.45) is 0 Å². The van der Waals surface area contributed by atoms with Crippen LogP contribution in [0.4, 0.5) is 0 Å². The van der Waals surface area contributed by atoms with Crippen molar-refractivity contribution in [1.82, 2.24) is 14.7 Å². The summed E-state index contributed by atoms with van der Waals surface area (Å²) >= 11 is 0. The van der Waals surface area contributed by atoms with Gasteiger partial charge in [-0.2, -0.15) is 0 Å². The van der Waals surface area contributed by atoms with Crippen LogP contribution in [0.3, 0.4) is 0 Å². The molecule has 0 radical (unpaired) electrons. The fourth-order valence-electron chi connectivity index (χ4n) is 5.78. The van der Waals surface area contributed by atoms with Gasteiger partial charge in [-0.1, -0.05) is 117 Å². The fraction of sp³-hybridized carbons (Fsp3) is 0.429. The Morgan fingerprint density at radius 2 is 1.23 bits per heavy atom. The highest BCUT2D eigenvalue weighted by Gasteiger charge is 2.29. The smallest absolute Gasteiger partial charge is 0.224 e. The summed E-state index contributed by atoms with van der Waals surface area (Å²) in [5.41, 5.74) is 3.66. The highest BCUT2D eigenvalue weighted by atomic mass is 16.2. The number of amides is 2. The van der Waals surface area contributed by atoms with Crippen molar-refractivity contribution in [3.8, 4) is 0 Å². The molecule has 0 spiro atoms. The molecule has 0 aromatic heterocycles. The van der Waals surface area contributed by atoms with Gasteiger partial charge in [0.1, 0.15) is 0 Å². The summed E-state index contributed by atoms with van der Waals surface area (Å²) in [5.74, 6) is 0.290. The Morgan fingerprint density at radius 1 is 0.700 bits per heavy atom. The summed E-state index contributed by atoms with van der Waals surface area (Å²) in [7, 11) is 0. The lowest BCUT2D eigenvalue weighted by Crippen LogP contribution is -2.50. The fourth-order valence-corrected chi connectivity index (χ4v) is 5.78. The van der Waals surface area contributed by atoms with Crippen molar-refractivity contribution in [3.63, 3.8) is 0 Å². The van der Waals surface area contributed by atoms with Gasteiger partial charge in [-0.05, 0) is 30.0 Å². The monoisotopic (exact) mass is 539 g/mol. The lowest BCUT2D eigenvalue weighted by molar-refractivity contribution is -0.137. The zero-order valence-electron chi connectivity index (χ0n) is 24.3. The van der Waals surface area contributed by atoms with Crippen LogP contribution in [0.2, 0.25) is 0 Å². The van der Waals surface area contributed by atoms with Gasteiger partial charge in [0.2, 0.25) is 11.8 Å². The summed E-state index contributed by atoms with van der Waals surface area (Å²) < 4.78 is 0. The molecule has 3 aromatic carbocycles. The van der Waals surface area contributed by atoms with Crippen molar-refractivity contribution in [1.29, 1.82) is 0 Å². The van der Waals surface area contributed by atoms with Crippen molar-refractivity contribution in [3.05, 3.63) is 108 Å². The third kappa shape index (κ3) is 8.04. The van der Waals surface area contributed by atoms with Gasteiger partial charge in [-0.3, -0.25) is 14.5 Å². The van der Waals surface area contributed by atoms with E-state index < -0.39 is 0 Å². The molecule has 1 unspecified atom stereocenters. The maximum atomic E-state index is 13.4. The van der Waals surface area contributed by atoms with Crippen LogP contribution in [0.1, 0.15) is 81.1 Å². The highest BCUT2D eigenvalue weighted by molar-refractivity contribution is 5.79. The first-order chi connectivity index (χ1) is 19.6. The van der Waals surface area contributed by atoms with Gasteiger partial charge >= 0.3 is 0 Å². The molecule has 0 saturated carbocycles. The lowest BCUT2D eigenvalue weighted by Gasteiger charge is -2.40. The second-order valence-corrected chi connectivity index (χ2v) is 10.9. The van der Waals surface area contributed by atoms with Crippen molar-refractivity contribution in [2.45, 2.75) is 64.5 Å². The zero-order valence-corrected chi connectivity index (χ0v) is 24.3. The zero-order chi connectivity index (χ0) is 28.2. The molecular formula is C35H45N3O2. The number of carbonyl (C=O) groups excluding carboxylic acids is 2. The third-order valence-corrected chi connectivity index (χ3v) is 8.14. The number of hydrogen-bond acceptors (Lipinski definition) is 3. The molecule has 1 aliphatic rings. The third-order valence-electron chi connectivity index (χ3n) is 8.14. The highest BCUT2D eigenvalue weighted by Crippen LogP contribution is 2.29. The van der Waals surface area contributed by atoms with E-state index in [4.69, 9.17) is 0 Å². The Morgan fingerprint density at radius 3 is 1.75 bits per heavy atom. The number of nitrogens with zero attached hydrogens (tertiary/aromatic N) is 3. The van der Waals surface area contributed by atoms with E-state index in [1.165, 1.54) is 11.1 Å². The van der Waals surface area contributed by atoms with E-state index in [9.17, 15) is 9.59 Å². The van der Waals surface area contributed by atoms with Gasteiger partial charge in [-0.25, -0.2) is 0 Å². The molecule has 3 aromatic rings. The van der Waals surface area contributed by atoms with Crippen LogP contribution in [-0.4, -0.2) is 59.2 Å². The van der Waals surface area contributed by atoms with E-state index in [0.29, 0.717) is 32.5 Å². The molecule has 0 aliphatic carbocycles. The number of benzene rings is 3. The first-order valence-electron chi connectivity index (χ1n) is 15.0. The maximum Gasteiger partial charge on any atom is 0.224 e. The molecule has 0 N–H and O–H groups in total. The summed E-state index contributed by atoms with van der Waals surface area (Å²) in [5, 5.41) is 0. The van der Waals surface area contributed by atoms with Crippen LogP contribution < -0.4 is 0 Å². The molecular weight excluding hydrogens is 494 g/mol. The molecule has 1 aliphatic heterocycles. The predicted octanol–water partition coefficient (Wildman–Crippen LogP) is 6.87. The molecule has 1 saturated heterocycles. The van der Waals surface area contributed by atoms with E-state index in [-0.39, 0.29) is 23.9 Å². The lowest BCUT2D eigenvalue weighted by atomic mass is 9.96. The topological polar surface area (TPSA) is 43.9 Å². The number of piperazine rings is 1. The van der Waals surface area contributed by atoms with Crippen LogP contribution in [0, 0.1) is 0 Å². The van der Waals surface area contributed by atoms with Crippen molar-refractivity contribution in [2.75, 3.05) is 32.7 Å². The Kier molecular flexibility index (Phi) is 11.4. The van der Waals surface area contributed by atoms with Gasteiger partial charge in [0.15, 0.2) is 0 Å². The summed E-state index contributed by atoms with van der Waals surface area (Å²) in [6.45, 7) is 7.76. The second-order valence-electron chi connectivity index (χ2n) is 10.9. The van der Waals surface area contributed by atoms with E-state index >= 15 is 0 Å². The van der Waals surface area contributed by atoms with Gasteiger partial charge < -0.3 is 9.80 Å². The van der Waals surface area contributed by atoms with Crippen molar-refractivity contribution >= 4 is 11.8 Å². The van der Waals surface area contributed by atoms with E-state index in [2.05, 4.69) is 91.5 Å². The minimum absolute atomic E-state index is 0.0537. The number of carbonyl (C=O) groups is 2. The van der Waals surface area contributed by atoms with Gasteiger partial charge in [-0.15, -0.1) is 0 Å². The average Bonchev–Trinajstić information content (AvgIpc) is 3.01. The number of unbranched alkanes of at least 4 members (excludes halogenated alkanes) is 3. The number of hydrogen-bond donors (Lipinski definition) is 0. The van der Waals surface area contributed by atoms with Gasteiger partial charge in [0, 0.05) is 45.6 Å². The van der Waals surface area contributed by atoms with E-state index in [1.807, 2.05) is 28.0 Å². The largest absolute Gasteiger partial charge is 0.340 e. The summed E-state index contributed by atoms with van der Waals surface area (Å²) in [6, 6.07) is 31.5. The molecule has 2 amide bonds. The number of rotatable bonds is 13. The molecule has 4 rings (SSSR count). The standard InChI is InChI=1S/C35H45N3O2/c1-3-4-5-15-22-34(40)38(29(2)30-16-9-6-10-17-30)24-23-33(39)36-25-27-37(28-26-36)35(31-18-11-7-12-19-31)32-20-13-8-14-21-32/h6-14,16-21,29,35H,3-5,15,22-28H2,1-2H3. The minimum Gasteiger partial charge on any atom is -0.340 e. The predicted molar refractivity (Wildman–Crippen MR) is 163 cm³/mol. The van der Waals surface area contributed by atoms with E-state index in [1.54, 1.807) is 0 Å². The Labute approximate surface area is 240 Å². The van der Waals surface area contributed by atoms with E-state index in [0.717, 1.165) is 44.3 Å². The Balaban J connectivity index is 1.37. The summed E-state index contributed by atoms with van der Waals surface area (Å²) in [4.78, 5) is 33.1. The molecule has 40 heavy (non-hydrogen) atoms. The van der Waals surface area contributed by atoms with Crippen LogP contribution >= 0.6 is 0 Å². The SMILES string of the molecule is CCCCCCC(=O)N(CCC(=O)N1CCN(C(c2ccccc2)c2ccccc2)CC1)C(C)c1ccccc1. The first kappa shape index (κ1) is 29.5. The minimum atomic E-state index is -0.0537. The maximum absolute atomic E-state index is 13.4. The van der Waals surface area contributed by atoms with Crippen molar-refractivity contribution < 1.29 is 9.59 Å². The molecule has 1 fully saturated rings. The Bertz CT molecular complexity index is 1120. The summed E-state index contributed by atoms with van der Waals surface area (Å²) in [6.07, 6.45) is 5.19. The molecule has 212 valence electrons. The van der Waals surface area contributed by atoms with Gasteiger partial charge in [0.25, 0.3) is 0 Å². The molecule has 5 heteroatoms. The average molecular weight is 540 g/mol. The molecule has 0 bridgehead atoms. The van der Waals surface area contributed by atoms with Crippen LogP contribution in [0.5, 0.6) is 0 Å². The quantitative estimate of drug-likeness (QED) is 0.223. The van der Waals surface area contributed by atoms with Gasteiger partial charge in [0.05, 0.1) is 12.1 Å². The molecule has 1 atom stereocenters. The van der Waals surface area contributed by atoms with Crippen LogP contribution in [0.25, 0.3) is 0 Å². The Hall–Kier alpha value is -3.44. The molecule has 1 heterocycles. The second kappa shape index (κ2) is 15.4. The first-order valence-corrected chi connectivity index (χ1v) is 15.0. The van der Waals surface area contributed by atoms with Crippen LogP contribution in [-0.2, 0) is 9.59 Å². The molecule has 5 nitrogen and oxygen atoms in total. The normalized spacial score (nSPS) is 14.7. The van der Waals surface area contributed by atoms with Crippen LogP contribution in [0.15, 0.2) is 91.0 Å².